The molecule has 4 heteroatoms. The van der Waals surface area contributed by atoms with Gasteiger partial charge in [0.2, 0.25) is 5.88 Å². The third-order valence-electron chi connectivity index (χ3n) is 2.34. The Bertz CT molecular complexity index is 547. The first-order valence-electron chi connectivity index (χ1n) is 4.99. The highest BCUT2D eigenvalue weighted by Crippen LogP contribution is 2.13. The van der Waals surface area contributed by atoms with Crippen molar-refractivity contribution >= 4 is 0 Å². The minimum atomic E-state index is -0.283. The fourth-order valence-corrected chi connectivity index (χ4v) is 1.55. The van der Waals surface area contributed by atoms with Crippen LogP contribution in [0.15, 0.2) is 35.1 Å². The second-order valence-electron chi connectivity index (χ2n) is 3.62. The number of nitrogens with one attached hydrogen (secondary N) is 1. The molecule has 0 radical (unpaired) electrons. The highest BCUT2D eigenvalue weighted by molar-refractivity contribution is 5.30. The Labute approximate surface area is 92.6 Å². The van der Waals surface area contributed by atoms with Gasteiger partial charge in [-0.25, -0.2) is 4.98 Å². The van der Waals surface area contributed by atoms with Crippen molar-refractivity contribution in [2.75, 3.05) is 0 Å². The molecule has 4 nitrogen and oxygen atoms in total. The van der Waals surface area contributed by atoms with Gasteiger partial charge in [0.05, 0.1) is 5.56 Å². The van der Waals surface area contributed by atoms with Gasteiger partial charge in [0.1, 0.15) is 5.82 Å². The molecule has 0 saturated carbocycles. The highest BCUT2D eigenvalue weighted by Gasteiger charge is 2.09. The zero-order chi connectivity index (χ0) is 11.5. The van der Waals surface area contributed by atoms with Crippen LogP contribution in [0.4, 0.5) is 0 Å². The lowest BCUT2D eigenvalue weighted by Crippen LogP contribution is -2.15. The van der Waals surface area contributed by atoms with Crippen LogP contribution >= 0.6 is 0 Å². The number of aromatic nitrogens is 2. The summed E-state index contributed by atoms with van der Waals surface area (Å²) in [6.45, 7) is 1.63. The molecule has 0 bridgehead atoms. The fourth-order valence-electron chi connectivity index (χ4n) is 1.55. The standard InChI is InChI=1S/C12H12N2O2/c1-8-13-11(15)10(12(16)14-8)7-9-5-3-2-4-6-9/h2-6H,7H2,1H3,(H2,13,14,15,16). The van der Waals surface area contributed by atoms with Gasteiger partial charge in [-0.15, -0.1) is 0 Å². The number of aryl methyl sites for hydroxylation is 1. The second kappa shape index (κ2) is 4.18. The van der Waals surface area contributed by atoms with Crippen molar-refractivity contribution in [1.82, 2.24) is 9.97 Å². The van der Waals surface area contributed by atoms with E-state index < -0.39 is 0 Å². The molecule has 0 aliphatic heterocycles. The van der Waals surface area contributed by atoms with Gasteiger partial charge in [-0.2, -0.15) is 0 Å². The summed E-state index contributed by atoms with van der Waals surface area (Å²) >= 11 is 0. The molecule has 16 heavy (non-hydrogen) atoms. The van der Waals surface area contributed by atoms with E-state index >= 15 is 0 Å². The molecular weight excluding hydrogens is 204 g/mol. The number of H-pyrrole nitrogens is 1. The number of rotatable bonds is 2. The van der Waals surface area contributed by atoms with E-state index in [0.29, 0.717) is 17.8 Å². The van der Waals surface area contributed by atoms with E-state index in [0.717, 1.165) is 5.56 Å². The lowest BCUT2D eigenvalue weighted by molar-refractivity contribution is 0.442. The number of hydrogen-bond acceptors (Lipinski definition) is 3. The van der Waals surface area contributed by atoms with Crippen molar-refractivity contribution in [3.05, 3.63) is 57.6 Å². The molecule has 1 aromatic carbocycles. The quantitative estimate of drug-likeness (QED) is 0.796. The molecule has 0 aliphatic rings. The summed E-state index contributed by atoms with van der Waals surface area (Å²) in [4.78, 5) is 18.0. The Morgan fingerprint density at radius 2 is 2.00 bits per heavy atom. The maximum atomic E-state index is 11.6. The van der Waals surface area contributed by atoms with Crippen LogP contribution in [0.3, 0.4) is 0 Å². The average molecular weight is 216 g/mol. The molecule has 0 amide bonds. The smallest absolute Gasteiger partial charge is 0.258 e. The predicted octanol–water partition coefficient (Wildman–Crippen LogP) is 1.37. The van der Waals surface area contributed by atoms with Crippen LogP contribution in [-0.4, -0.2) is 15.1 Å². The first-order valence-corrected chi connectivity index (χ1v) is 4.99. The molecule has 0 fully saturated rings. The number of aromatic amines is 1. The van der Waals surface area contributed by atoms with Gasteiger partial charge in [-0.05, 0) is 12.5 Å². The number of nitrogens with zero attached hydrogens (tertiary/aromatic N) is 1. The summed E-state index contributed by atoms with van der Waals surface area (Å²) in [5.41, 5.74) is 0.986. The summed E-state index contributed by atoms with van der Waals surface area (Å²) in [6.07, 6.45) is 0.384. The zero-order valence-corrected chi connectivity index (χ0v) is 8.90. The van der Waals surface area contributed by atoms with Gasteiger partial charge < -0.3 is 10.1 Å². The average Bonchev–Trinajstić information content (AvgIpc) is 2.25. The van der Waals surface area contributed by atoms with E-state index in [-0.39, 0.29) is 11.4 Å². The molecule has 2 aromatic rings. The molecular formula is C12H12N2O2. The Morgan fingerprint density at radius 3 is 2.62 bits per heavy atom. The lowest BCUT2D eigenvalue weighted by Gasteiger charge is -2.03. The molecule has 2 N–H and O–H groups in total. The van der Waals surface area contributed by atoms with Crippen molar-refractivity contribution in [3.63, 3.8) is 0 Å². The number of hydrogen-bond donors (Lipinski definition) is 2. The van der Waals surface area contributed by atoms with Gasteiger partial charge in [-0.1, -0.05) is 30.3 Å². The Morgan fingerprint density at radius 1 is 1.31 bits per heavy atom. The minimum absolute atomic E-state index is 0.190. The highest BCUT2D eigenvalue weighted by atomic mass is 16.3. The fraction of sp³-hybridized carbons (Fsp3) is 0.167. The summed E-state index contributed by atoms with van der Waals surface area (Å²) in [5, 5.41) is 9.60. The number of aromatic hydroxyl groups is 1. The SMILES string of the molecule is Cc1nc(O)c(Cc2ccccc2)c(=O)[nH]1. The third-order valence-corrected chi connectivity index (χ3v) is 2.34. The van der Waals surface area contributed by atoms with Gasteiger partial charge in [-0.3, -0.25) is 4.79 Å². The normalized spacial score (nSPS) is 10.3. The zero-order valence-electron chi connectivity index (χ0n) is 8.90. The molecule has 2 rings (SSSR count). The van der Waals surface area contributed by atoms with Gasteiger partial charge in [0.15, 0.2) is 0 Å². The Hall–Kier alpha value is -2.10. The van der Waals surface area contributed by atoms with Crippen LogP contribution in [-0.2, 0) is 6.42 Å². The molecule has 0 aliphatic carbocycles. The molecule has 1 heterocycles. The summed E-state index contributed by atoms with van der Waals surface area (Å²) in [6, 6.07) is 9.49. The van der Waals surface area contributed by atoms with Gasteiger partial charge in [0.25, 0.3) is 5.56 Å². The topological polar surface area (TPSA) is 66.0 Å². The van der Waals surface area contributed by atoms with Crippen LogP contribution in [0, 0.1) is 6.92 Å². The maximum Gasteiger partial charge on any atom is 0.258 e. The Balaban J connectivity index is 2.39. The molecule has 0 atom stereocenters. The van der Waals surface area contributed by atoms with E-state index in [9.17, 15) is 9.90 Å². The Kier molecular flexibility index (Phi) is 2.72. The summed E-state index contributed by atoms with van der Waals surface area (Å²) < 4.78 is 0. The first kappa shape index (κ1) is 10.4. The van der Waals surface area contributed by atoms with Crippen LogP contribution in [0.1, 0.15) is 17.0 Å². The van der Waals surface area contributed by atoms with E-state index in [4.69, 9.17) is 0 Å². The van der Waals surface area contributed by atoms with E-state index in [1.54, 1.807) is 6.92 Å². The van der Waals surface area contributed by atoms with Crippen molar-refractivity contribution in [3.8, 4) is 5.88 Å². The van der Waals surface area contributed by atoms with Crippen LogP contribution in [0.2, 0.25) is 0 Å². The monoisotopic (exact) mass is 216 g/mol. The van der Waals surface area contributed by atoms with Crippen LogP contribution in [0.25, 0.3) is 0 Å². The van der Waals surface area contributed by atoms with E-state index in [1.165, 1.54) is 0 Å². The van der Waals surface area contributed by atoms with Crippen molar-refractivity contribution in [2.24, 2.45) is 0 Å². The predicted molar refractivity (Wildman–Crippen MR) is 60.5 cm³/mol. The molecule has 0 spiro atoms. The van der Waals surface area contributed by atoms with Crippen LogP contribution in [0.5, 0.6) is 5.88 Å². The lowest BCUT2D eigenvalue weighted by atomic mass is 10.1. The largest absolute Gasteiger partial charge is 0.493 e. The summed E-state index contributed by atoms with van der Waals surface area (Å²) in [7, 11) is 0. The molecule has 82 valence electrons. The van der Waals surface area contributed by atoms with Gasteiger partial charge >= 0.3 is 0 Å². The first-order chi connectivity index (χ1) is 7.66. The maximum absolute atomic E-state index is 11.6. The van der Waals surface area contributed by atoms with E-state index in [2.05, 4.69) is 9.97 Å². The van der Waals surface area contributed by atoms with Crippen molar-refractivity contribution < 1.29 is 5.11 Å². The van der Waals surface area contributed by atoms with Crippen molar-refractivity contribution in [1.29, 1.82) is 0 Å². The minimum Gasteiger partial charge on any atom is -0.493 e. The van der Waals surface area contributed by atoms with Crippen molar-refractivity contribution in [2.45, 2.75) is 13.3 Å². The molecule has 0 unspecified atom stereocenters. The van der Waals surface area contributed by atoms with E-state index in [1.807, 2.05) is 30.3 Å². The summed E-state index contributed by atoms with van der Waals surface area (Å²) in [5.74, 6) is 0.226. The molecule has 0 saturated heterocycles. The second-order valence-corrected chi connectivity index (χ2v) is 3.62. The number of benzene rings is 1. The van der Waals surface area contributed by atoms with Gasteiger partial charge in [0, 0.05) is 6.42 Å². The third kappa shape index (κ3) is 2.11. The molecule has 1 aromatic heterocycles. The van der Waals surface area contributed by atoms with Crippen LogP contribution < -0.4 is 5.56 Å².